The van der Waals surface area contributed by atoms with Gasteiger partial charge in [-0.2, -0.15) is 0 Å². The maximum Gasteiger partial charge on any atom is 0.0681 e. The Kier molecular flexibility index (Phi) is 10.7. The highest BCUT2D eigenvalue weighted by Crippen LogP contribution is 2.11. The van der Waals surface area contributed by atoms with Crippen molar-refractivity contribution >= 4 is 0 Å². The van der Waals surface area contributed by atoms with E-state index in [-0.39, 0.29) is 13.5 Å². The van der Waals surface area contributed by atoms with Crippen LogP contribution in [0.2, 0.25) is 0 Å². The second-order valence-electron chi connectivity index (χ2n) is 5.33. The van der Waals surface area contributed by atoms with Crippen molar-refractivity contribution in [2.45, 2.75) is 66.1 Å². The Hall–Kier alpha value is -0.900. The van der Waals surface area contributed by atoms with Gasteiger partial charge in [-0.1, -0.05) is 38.5 Å². The minimum atomic E-state index is -0.450. The lowest BCUT2D eigenvalue weighted by molar-refractivity contribution is 0.0703. The van der Waals surface area contributed by atoms with E-state index >= 15 is 0 Å². The normalized spacial score (nSPS) is 10.3. The third kappa shape index (κ3) is 9.65. The van der Waals surface area contributed by atoms with Gasteiger partial charge in [0.1, 0.15) is 0 Å². The van der Waals surface area contributed by atoms with E-state index in [2.05, 4.69) is 32.9 Å². The molecule has 0 heterocycles. The van der Waals surface area contributed by atoms with Crippen LogP contribution in [0.5, 0.6) is 0 Å². The molecule has 0 unspecified atom stereocenters. The SMILES string of the molecule is CCCC(C)(C)O.CCc1cc(CO)ccc1C.O.[HH]. The van der Waals surface area contributed by atoms with Crippen molar-refractivity contribution in [1.82, 2.24) is 0 Å². The van der Waals surface area contributed by atoms with Gasteiger partial charge in [0.2, 0.25) is 0 Å². The first-order valence-electron chi connectivity index (χ1n) is 6.75. The number of hydrogen-bond acceptors (Lipinski definition) is 2. The van der Waals surface area contributed by atoms with E-state index < -0.39 is 5.60 Å². The minimum Gasteiger partial charge on any atom is -0.412 e. The van der Waals surface area contributed by atoms with E-state index in [9.17, 15) is 0 Å². The maximum atomic E-state index is 9.02. The fraction of sp³-hybridized carbons (Fsp3) is 0.625. The molecule has 0 atom stereocenters. The summed E-state index contributed by atoms with van der Waals surface area (Å²) in [6, 6.07) is 6.09. The van der Waals surface area contributed by atoms with E-state index in [1.165, 1.54) is 11.1 Å². The number of aryl methyl sites for hydroxylation is 2. The largest absolute Gasteiger partial charge is 0.412 e. The van der Waals surface area contributed by atoms with Crippen molar-refractivity contribution in [1.29, 1.82) is 0 Å². The molecule has 0 saturated carbocycles. The Bertz CT molecular complexity index is 346. The molecule has 0 spiro atoms. The molecular formula is C16H32O3. The molecule has 4 N–H and O–H groups in total. The lowest BCUT2D eigenvalue weighted by Crippen LogP contribution is -2.16. The van der Waals surface area contributed by atoms with Crippen molar-refractivity contribution in [2.75, 3.05) is 0 Å². The number of aliphatic hydroxyl groups excluding tert-OH is 1. The van der Waals surface area contributed by atoms with Crippen LogP contribution in [0.15, 0.2) is 18.2 Å². The summed E-state index contributed by atoms with van der Waals surface area (Å²) in [6.07, 6.45) is 3.00. The van der Waals surface area contributed by atoms with Gasteiger partial charge in [-0.25, -0.2) is 0 Å². The lowest BCUT2D eigenvalue weighted by atomic mass is 10.0. The van der Waals surface area contributed by atoms with Gasteiger partial charge in [-0.05, 0) is 50.3 Å². The van der Waals surface area contributed by atoms with Gasteiger partial charge in [0, 0.05) is 1.43 Å². The molecule has 0 radical (unpaired) electrons. The molecule has 1 aromatic rings. The number of hydrogen-bond donors (Lipinski definition) is 2. The molecule has 0 amide bonds. The number of benzene rings is 1. The molecule has 19 heavy (non-hydrogen) atoms. The summed E-state index contributed by atoms with van der Waals surface area (Å²) in [4.78, 5) is 0. The van der Waals surface area contributed by atoms with Crippen LogP contribution >= 0.6 is 0 Å². The topological polar surface area (TPSA) is 72.0 Å². The molecule has 0 aromatic heterocycles. The zero-order valence-corrected chi connectivity index (χ0v) is 13.0. The summed E-state index contributed by atoms with van der Waals surface area (Å²) in [6.45, 7) is 10.1. The highest BCUT2D eigenvalue weighted by atomic mass is 16.3. The van der Waals surface area contributed by atoms with Gasteiger partial charge in [0.15, 0.2) is 0 Å². The highest BCUT2D eigenvalue weighted by molar-refractivity contribution is 5.30. The summed E-state index contributed by atoms with van der Waals surface area (Å²) in [5.74, 6) is 0. The van der Waals surface area contributed by atoms with Crippen molar-refractivity contribution in [2.24, 2.45) is 0 Å². The van der Waals surface area contributed by atoms with E-state index in [0.29, 0.717) is 0 Å². The van der Waals surface area contributed by atoms with Crippen molar-refractivity contribution in [3.05, 3.63) is 34.9 Å². The first-order valence-corrected chi connectivity index (χ1v) is 6.75. The lowest BCUT2D eigenvalue weighted by Gasteiger charge is -2.14. The quantitative estimate of drug-likeness (QED) is 0.884. The van der Waals surface area contributed by atoms with Crippen LogP contribution in [0.25, 0.3) is 0 Å². The summed E-state index contributed by atoms with van der Waals surface area (Å²) >= 11 is 0. The van der Waals surface area contributed by atoms with E-state index in [1.54, 1.807) is 0 Å². The zero-order chi connectivity index (χ0) is 14.2. The van der Waals surface area contributed by atoms with Gasteiger partial charge in [-0.15, -0.1) is 0 Å². The maximum absolute atomic E-state index is 9.02. The third-order valence-corrected chi connectivity index (χ3v) is 2.84. The number of rotatable bonds is 4. The zero-order valence-electron chi connectivity index (χ0n) is 13.0. The fourth-order valence-corrected chi connectivity index (χ4v) is 1.82. The minimum absolute atomic E-state index is 0. The molecule has 114 valence electrons. The smallest absolute Gasteiger partial charge is 0.0681 e. The summed E-state index contributed by atoms with van der Waals surface area (Å²) < 4.78 is 0. The monoisotopic (exact) mass is 272 g/mol. The predicted molar refractivity (Wildman–Crippen MR) is 83.4 cm³/mol. The van der Waals surface area contributed by atoms with Crippen LogP contribution in [0.1, 0.15) is 58.7 Å². The van der Waals surface area contributed by atoms with Crippen molar-refractivity contribution < 1.29 is 17.1 Å². The third-order valence-electron chi connectivity index (χ3n) is 2.84. The fourth-order valence-electron chi connectivity index (χ4n) is 1.82. The molecular weight excluding hydrogens is 240 g/mol. The van der Waals surface area contributed by atoms with Gasteiger partial charge < -0.3 is 15.7 Å². The average Bonchev–Trinajstić information content (AvgIpc) is 2.29. The van der Waals surface area contributed by atoms with Crippen molar-refractivity contribution in [3.8, 4) is 0 Å². The summed E-state index contributed by atoms with van der Waals surface area (Å²) in [7, 11) is 0. The van der Waals surface area contributed by atoms with E-state index in [0.717, 1.165) is 24.8 Å². The molecule has 1 aromatic carbocycles. The number of aliphatic hydroxyl groups is 2. The standard InChI is InChI=1S/C10H14O.C6H14O.H2O.H2/c1-3-10-6-9(7-11)5-4-8(10)2;1-4-5-6(2,3)7;;/h4-6,11H,3,7H2,1-2H3;7H,4-5H2,1-3H3;1H2;1H. The molecule has 0 saturated heterocycles. The first kappa shape index (κ1) is 20.4. The van der Waals surface area contributed by atoms with Crippen LogP contribution in [-0.4, -0.2) is 21.3 Å². The second-order valence-corrected chi connectivity index (χ2v) is 5.33. The van der Waals surface area contributed by atoms with Crippen molar-refractivity contribution in [3.63, 3.8) is 0 Å². The molecule has 0 fully saturated rings. The van der Waals surface area contributed by atoms with Crippen LogP contribution in [0.4, 0.5) is 0 Å². The van der Waals surface area contributed by atoms with Crippen LogP contribution in [-0.2, 0) is 13.0 Å². The molecule has 0 aliphatic heterocycles. The first-order chi connectivity index (χ1) is 8.34. The summed E-state index contributed by atoms with van der Waals surface area (Å²) in [5.41, 5.74) is 3.20. The van der Waals surface area contributed by atoms with Gasteiger partial charge in [0.25, 0.3) is 0 Å². The molecule has 0 bridgehead atoms. The molecule has 0 aliphatic rings. The van der Waals surface area contributed by atoms with Crippen LogP contribution < -0.4 is 0 Å². The van der Waals surface area contributed by atoms with E-state index in [1.807, 2.05) is 19.9 Å². The molecule has 3 heteroatoms. The van der Waals surface area contributed by atoms with Gasteiger partial charge >= 0.3 is 0 Å². The van der Waals surface area contributed by atoms with Gasteiger partial charge in [-0.3, -0.25) is 0 Å². The summed E-state index contributed by atoms with van der Waals surface area (Å²) in [5, 5.41) is 17.9. The highest BCUT2D eigenvalue weighted by Gasteiger charge is 2.08. The predicted octanol–water partition coefficient (Wildman–Crippen LogP) is 3.03. The molecule has 3 nitrogen and oxygen atoms in total. The Morgan fingerprint density at radius 3 is 2.11 bits per heavy atom. The Morgan fingerprint density at radius 2 is 1.79 bits per heavy atom. The molecule has 0 aliphatic carbocycles. The van der Waals surface area contributed by atoms with Gasteiger partial charge in [0.05, 0.1) is 12.2 Å². The second kappa shape index (κ2) is 9.96. The average molecular weight is 272 g/mol. The van der Waals surface area contributed by atoms with Crippen LogP contribution in [0.3, 0.4) is 0 Å². The Balaban J connectivity index is -0.000000286. The van der Waals surface area contributed by atoms with E-state index in [4.69, 9.17) is 10.2 Å². The Morgan fingerprint density at radius 1 is 1.21 bits per heavy atom. The molecule has 1 rings (SSSR count). The van der Waals surface area contributed by atoms with Crippen LogP contribution in [0, 0.1) is 6.92 Å². The Labute approximate surface area is 119 Å².